The second kappa shape index (κ2) is 7.25. The van der Waals surface area contributed by atoms with E-state index in [2.05, 4.69) is 4.90 Å². The first kappa shape index (κ1) is 14.8. The van der Waals surface area contributed by atoms with Gasteiger partial charge in [0.25, 0.3) is 0 Å². The monoisotopic (exact) mass is 267 g/mol. The quantitative estimate of drug-likeness (QED) is 0.835. The van der Waals surface area contributed by atoms with Crippen molar-refractivity contribution >= 4 is 5.91 Å². The van der Waals surface area contributed by atoms with E-state index in [4.69, 9.17) is 5.73 Å². The van der Waals surface area contributed by atoms with Crippen molar-refractivity contribution in [1.82, 2.24) is 9.80 Å². The molecule has 0 aromatic carbocycles. The molecule has 1 aliphatic carbocycles. The third-order valence-corrected chi connectivity index (χ3v) is 4.70. The molecule has 0 radical (unpaired) electrons. The lowest BCUT2D eigenvalue weighted by Crippen LogP contribution is -2.51. The van der Waals surface area contributed by atoms with Gasteiger partial charge in [-0.2, -0.15) is 0 Å². The van der Waals surface area contributed by atoms with E-state index in [9.17, 15) is 4.79 Å². The van der Waals surface area contributed by atoms with Gasteiger partial charge in [-0.25, -0.2) is 0 Å². The minimum Gasteiger partial charge on any atom is -0.340 e. The van der Waals surface area contributed by atoms with E-state index < -0.39 is 0 Å². The van der Waals surface area contributed by atoms with E-state index in [0.29, 0.717) is 6.54 Å². The molecule has 19 heavy (non-hydrogen) atoms. The summed E-state index contributed by atoms with van der Waals surface area (Å²) in [6.07, 6.45) is 7.07. The van der Waals surface area contributed by atoms with Crippen LogP contribution < -0.4 is 5.73 Å². The number of carbonyl (C=O) groups excluding carboxylic acids is 1. The first-order valence-corrected chi connectivity index (χ1v) is 7.92. The van der Waals surface area contributed by atoms with Crippen LogP contribution in [0, 0.1) is 11.8 Å². The summed E-state index contributed by atoms with van der Waals surface area (Å²) in [6.45, 7) is 7.48. The summed E-state index contributed by atoms with van der Waals surface area (Å²) in [5.74, 6) is 1.11. The summed E-state index contributed by atoms with van der Waals surface area (Å²) in [5, 5.41) is 0. The largest absolute Gasteiger partial charge is 0.340 e. The van der Waals surface area contributed by atoms with Crippen molar-refractivity contribution in [2.75, 3.05) is 39.3 Å². The lowest BCUT2D eigenvalue weighted by molar-refractivity contribution is -0.136. The highest BCUT2D eigenvalue weighted by molar-refractivity contribution is 5.78. The lowest BCUT2D eigenvalue weighted by Gasteiger charge is -2.38. The molecular formula is C15H29N3O. The summed E-state index contributed by atoms with van der Waals surface area (Å²) < 4.78 is 0. The topological polar surface area (TPSA) is 49.6 Å². The Balaban J connectivity index is 1.71. The Hall–Kier alpha value is -0.610. The van der Waals surface area contributed by atoms with Gasteiger partial charge in [0.1, 0.15) is 0 Å². The third-order valence-electron chi connectivity index (χ3n) is 4.70. The van der Waals surface area contributed by atoms with E-state index >= 15 is 0 Å². The fourth-order valence-corrected chi connectivity index (χ4v) is 3.30. The van der Waals surface area contributed by atoms with Crippen LogP contribution in [0.25, 0.3) is 0 Å². The number of hydrogen-bond acceptors (Lipinski definition) is 3. The molecule has 1 saturated heterocycles. The molecule has 1 unspecified atom stereocenters. The molecule has 4 heteroatoms. The van der Waals surface area contributed by atoms with E-state index in [-0.39, 0.29) is 11.8 Å². The highest BCUT2D eigenvalue weighted by Gasteiger charge is 2.25. The van der Waals surface area contributed by atoms with Crippen LogP contribution in [0.1, 0.15) is 39.0 Å². The summed E-state index contributed by atoms with van der Waals surface area (Å²) in [4.78, 5) is 16.6. The average molecular weight is 267 g/mol. The molecule has 110 valence electrons. The number of nitrogens with two attached hydrogens (primary N) is 1. The predicted molar refractivity (Wildman–Crippen MR) is 77.8 cm³/mol. The Morgan fingerprint density at radius 3 is 2.37 bits per heavy atom. The molecule has 0 aromatic rings. The van der Waals surface area contributed by atoms with E-state index in [1.54, 1.807) is 0 Å². The third kappa shape index (κ3) is 4.18. The molecule has 0 bridgehead atoms. The normalized spacial score (nSPS) is 24.4. The Labute approximate surface area is 117 Å². The van der Waals surface area contributed by atoms with Gasteiger partial charge in [0.15, 0.2) is 0 Å². The highest BCUT2D eigenvalue weighted by atomic mass is 16.2. The minimum absolute atomic E-state index is 0.0232. The van der Waals surface area contributed by atoms with Crippen LogP contribution in [0.2, 0.25) is 0 Å². The Morgan fingerprint density at radius 1 is 1.16 bits per heavy atom. The standard InChI is InChI=1S/C15H29N3O/c1-13(11-16)15(19)18-9-7-17(8-10-18)12-14-5-3-2-4-6-14/h13-14H,2-12,16H2,1H3. The maximum Gasteiger partial charge on any atom is 0.226 e. The molecule has 2 N–H and O–H groups in total. The number of piperazine rings is 1. The summed E-state index contributed by atoms with van der Waals surface area (Å²) >= 11 is 0. The van der Waals surface area contributed by atoms with Crippen molar-refractivity contribution in [3.05, 3.63) is 0 Å². The van der Waals surface area contributed by atoms with Crippen molar-refractivity contribution in [1.29, 1.82) is 0 Å². The van der Waals surface area contributed by atoms with Crippen molar-refractivity contribution < 1.29 is 4.79 Å². The maximum atomic E-state index is 12.1. The first-order valence-electron chi connectivity index (χ1n) is 7.92. The zero-order valence-electron chi connectivity index (χ0n) is 12.3. The molecule has 2 aliphatic rings. The van der Waals surface area contributed by atoms with Crippen molar-refractivity contribution in [3.8, 4) is 0 Å². The van der Waals surface area contributed by atoms with Gasteiger partial charge in [-0.1, -0.05) is 26.2 Å². The molecule has 0 aromatic heterocycles. The summed E-state index contributed by atoms with van der Waals surface area (Å²) in [6, 6.07) is 0. The molecule has 1 saturated carbocycles. The van der Waals surface area contributed by atoms with Gasteiger partial charge in [-0.3, -0.25) is 9.69 Å². The number of nitrogens with zero attached hydrogens (tertiary/aromatic N) is 2. The van der Waals surface area contributed by atoms with Gasteiger partial charge >= 0.3 is 0 Å². The second-order valence-electron chi connectivity index (χ2n) is 6.27. The molecule has 1 aliphatic heterocycles. The molecule has 1 atom stereocenters. The molecule has 2 rings (SSSR count). The number of rotatable bonds is 4. The number of amides is 1. The van der Waals surface area contributed by atoms with Crippen molar-refractivity contribution in [3.63, 3.8) is 0 Å². The van der Waals surface area contributed by atoms with Gasteiger partial charge in [-0.15, -0.1) is 0 Å². The lowest BCUT2D eigenvalue weighted by atomic mass is 9.89. The van der Waals surface area contributed by atoms with Crippen LogP contribution in [-0.2, 0) is 4.79 Å². The molecule has 1 heterocycles. The van der Waals surface area contributed by atoms with Crippen LogP contribution in [0.3, 0.4) is 0 Å². The Kier molecular flexibility index (Phi) is 5.64. The van der Waals surface area contributed by atoms with E-state index in [1.807, 2.05) is 11.8 Å². The van der Waals surface area contributed by atoms with Crippen molar-refractivity contribution in [2.24, 2.45) is 17.6 Å². The molecule has 1 amide bonds. The zero-order valence-corrected chi connectivity index (χ0v) is 12.3. The van der Waals surface area contributed by atoms with Crippen LogP contribution in [0.5, 0.6) is 0 Å². The van der Waals surface area contributed by atoms with E-state index in [0.717, 1.165) is 32.1 Å². The maximum absolute atomic E-state index is 12.1. The highest BCUT2D eigenvalue weighted by Crippen LogP contribution is 2.24. The first-order chi connectivity index (χ1) is 9.20. The van der Waals surface area contributed by atoms with Gasteiger partial charge in [0.2, 0.25) is 5.91 Å². The van der Waals surface area contributed by atoms with Crippen LogP contribution in [-0.4, -0.2) is 55.0 Å². The smallest absolute Gasteiger partial charge is 0.226 e. The number of hydrogen-bond donors (Lipinski definition) is 1. The SMILES string of the molecule is CC(CN)C(=O)N1CCN(CC2CCCCC2)CC1. The fourth-order valence-electron chi connectivity index (χ4n) is 3.30. The summed E-state index contributed by atoms with van der Waals surface area (Å²) in [5.41, 5.74) is 5.57. The Bertz CT molecular complexity index is 281. The van der Waals surface area contributed by atoms with Gasteiger partial charge < -0.3 is 10.6 Å². The zero-order chi connectivity index (χ0) is 13.7. The van der Waals surface area contributed by atoms with Crippen molar-refractivity contribution in [2.45, 2.75) is 39.0 Å². The molecule has 2 fully saturated rings. The predicted octanol–water partition coefficient (Wildman–Crippen LogP) is 1.31. The summed E-state index contributed by atoms with van der Waals surface area (Å²) in [7, 11) is 0. The van der Waals surface area contributed by atoms with Gasteiger partial charge in [0.05, 0.1) is 0 Å². The molecule has 0 spiro atoms. The second-order valence-corrected chi connectivity index (χ2v) is 6.27. The van der Waals surface area contributed by atoms with E-state index in [1.165, 1.54) is 38.6 Å². The average Bonchev–Trinajstić information content (AvgIpc) is 2.47. The van der Waals surface area contributed by atoms with Crippen LogP contribution in [0.4, 0.5) is 0 Å². The molecular weight excluding hydrogens is 238 g/mol. The number of carbonyl (C=O) groups is 1. The van der Waals surface area contributed by atoms with Crippen LogP contribution >= 0.6 is 0 Å². The Morgan fingerprint density at radius 2 is 1.79 bits per heavy atom. The van der Waals surface area contributed by atoms with Gasteiger partial charge in [-0.05, 0) is 18.8 Å². The minimum atomic E-state index is -0.0232. The van der Waals surface area contributed by atoms with Crippen LogP contribution in [0.15, 0.2) is 0 Å². The fraction of sp³-hybridized carbons (Fsp3) is 0.933. The molecule has 4 nitrogen and oxygen atoms in total. The van der Waals surface area contributed by atoms with Gasteiger partial charge in [0, 0.05) is 45.2 Å².